The summed E-state index contributed by atoms with van der Waals surface area (Å²) in [5, 5.41) is 12.1. The smallest absolute Gasteiger partial charge is 0.236 e. The van der Waals surface area contributed by atoms with Crippen LogP contribution in [-0.4, -0.2) is 29.2 Å². The molecule has 1 aromatic carbocycles. The van der Waals surface area contributed by atoms with E-state index in [1.807, 2.05) is 24.3 Å². The van der Waals surface area contributed by atoms with Crippen LogP contribution in [0.25, 0.3) is 0 Å². The van der Waals surface area contributed by atoms with Crippen molar-refractivity contribution in [1.82, 2.24) is 10.2 Å². The van der Waals surface area contributed by atoms with Gasteiger partial charge in [-0.2, -0.15) is 0 Å². The van der Waals surface area contributed by atoms with Gasteiger partial charge in [0.25, 0.3) is 0 Å². The van der Waals surface area contributed by atoms with E-state index in [1.54, 1.807) is 0 Å². The molecular formula is C13H13N5OS. The number of hydrogen-bond acceptors (Lipinski definition) is 6. The number of benzene rings is 1. The SMILES string of the molecule is Nc1nnc(N2CCC3(C2)C(=O)Nc2ccccc23)s1. The largest absolute Gasteiger partial charge is 0.374 e. The maximum absolute atomic E-state index is 12.4. The zero-order valence-corrected chi connectivity index (χ0v) is 11.5. The predicted octanol–water partition coefficient (Wildman–Crippen LogP) is 1.22. The highest BCUT2D eigenvalue weighted by Gasteiger charge is 2.51. The molecule has 2 aliphatic heterocycles. The van der Waals surface area contributed by atoms with Gasteiger partial charge in [-0.15, -0.1) is 10.2 Å². The Bertz CT molecular complexity index is 700. The summed E-state index contributed by atoms with van der Waals surface area (Å²) >= 11 is 1.36. The molecule has 1 aromatic heterocycles. The molecule has 1 spiro atoms. The summed E-state index contributed by atoms with van der Waals surface area (Å²) in [6.07, 6.45) is 0.787. The van der Waals surface area contributed by atoms with Crippen molar-refractivity contribution in [3.63, 3.8) is 0 Å². The molecule has 6 nitrogen and oxygen atoms in total. The lowest BCUT2D eigenvalue weighted by Gasteiger charge is -2.21. The molecule has 1 fully saturated rings. The van der Waals surface area contributed by atoms with Crippen LogP contribution in [0.3, 0.4) is 0 Å². The molecule has 1 atom stereocenters. The number of para-hydroxylation sites is 1. The number of anilines is 3. The van der Waals surface area contributed by atoms with Gasteiger partial charge in [-0.1, -0.05) is 29.5 Å². The Kier molecular flexibility index (Phi) is 2.29. The quantitative estimate of drug-likeness (QED) is 0.824. The van der Waals surface area contributed by atoms with Gasteiger partial charge < -0.3 is 16.0 Å². The molecule has 7 heteroatoms. The van der Waals surface area contributed by atoms with Crippen molar-refractivity contribution in [2.45, 2.75) is 11.8 Å². The van der Waals surface area contributed by atoms with Gasteiger partial charge in [-0.25, -0.2) is 0 Å². The van der Waals surface area contributed by atoms with Crippen molar-refractivity contribution in [1.29, 1.82) is 0 Å². The second-order valence-corrected chi connectivity index (χ2v) is 6.16. The highest BCUT2D eigenvalue weighted by atomic mass is 32.1. The maximum atomic E-state index is 12.4. The molecule has 20 heavy (non-hydrogen) atoms. The average molecular weight is 287 g/mol. The third-order valence-electron chi connectivity index (χ3n) is 4.10. The highest BCUT2D eigenvalue weighted by molar-refractivity contribution is 7.18. The zero-order chi connectivity index (χ0) is 13.7. The topological polar surface area (TPSA) is 84.1 Å². The van der Waals surface area contributed by atoms with Gasteiger partial charge in [-0.3, -0.25) is 4.79 Å². The Morgan fingerprint density at radius 1 is 1.35 bits per heavy atom. The lowest BCUT2D eigenvalue weighted by molar-refractivity contribution is -0.120. The van der Waals surface area contributed by atoms with E-state index in [9.17, 15) is 4.79 Å². The first-order valence-corrected chi connectivity index (χ1v) is 7.26. The third-order valence-corrected chi connectivity index (χ3v) is 4.91. The fourth-order valence-corrected chi connectivity index (χ4v) is 3.74. The molecule has 3 heterocycles. The lowest BCUT2D eigenvalue weighted by atomic mass is 9.81. The Morgan fingerprint density at radius 2 is 2.20 bits per heavy atom. The first kappa shape index (κ1) is 11.7. The number of nitrogen functional groups attached to an aromatic ring is 1. The van der Waals surface area contributed by atoms with E-state index in [2.05, 4.69) is 20.4 Å². The fraction of sp³-hybridized carbons (Fsp3) is 0.308. The second-order valence-electron chi connectivity index (χ2n) is 5.18. The Morgan fingerprint density at radius 3 is 3.00 bits per heavy atom. The maximum Gasteiger partial charge on any atom is 0.236 e. The van der Waals surface area contributed by atoms with Crippen LogP contribution in [0.15, 0.2) is 24.3 Å². The Hall–Kier alpha value is -2.15. The van der Waals surface area contributed by atoms with Gasteiger partial charge in [-0.05, 0) is 18.1 Å². The fourth-order valence-electron chi connectivity index (χ4n) is 3.11. The number of fused-ring (bicyclic) bond motifs is 2. The molecule has 4 rings (SSSR count). The van der Waals surface area contributed by atoms with Crippen molar-refractivity contribution in [2.75, 3.05) is 29.0 Å². The molecule has 0 saturated carbocycles. The molecular weight excluding hydrogens is 274 g/mol. The minimum absolute atomic E-state index is 0.0821. The van der Waals surface area contributed by atoms with E-state index in [-0.39, 0.29) is 5.91 Å². The minimum atomic E-state index is -0.461. The van der Waals surface area contributed by atoms with E-state index in [1.165, 1.54) is 11.3 Å². The summed E-state index contributed by atoms with van der Waals surface area (Å²) in [6.45, 7) is 1.42. The Labute approximate surface area is 119 Å². The molecule has 1 saturated heterocycles. The molecule has 2 aromatic rings. The number of carbonyl (C=O) groups excluding carboxylic acids is 1. The number of hydrogen-bond donors (Lipinski definition) is 2. The number of nitrogens with two attached hydrogens (primary N) is 1. The van der Waals surface area contributed by atoms with Gasteiger partial charge >= 0.3 is 0 Å². The van der Waals surface area contributed by atoms with E-state index in [4.69, 9.17) is 5.73 Å². The normalized spacial score (nSPS) is 24.2. The van der Waals surface area contributed by atoms with Crippen molar-refractivity contribution in [3.8, 4) is 0 Å². The van der Waals surface area contributed by atoms with Crippen molar-refractivity contribution < 1.29 is 4.79 Å². The number of nitrogens with one attached hydrogen (secondary N) is 1. The number of rotatable bonds is 1. The van der Waals surface area contributed by atoms with Crippen molar-refractivity contribution in [2.24, 2.45) is 0 Å². The molecule has 0 bridgehead atoms. The number of aromatic nitrogens is 2. The predicted molar refractivity (Wildman–Crippen MR) is 77.9 cm³/mol. The van der Waals surface area contributed by atoms with Gasteiger partial charge in [0.15, 0.2) is 0 Å². The van der Waals surface area contributed by atoms with Gasteiger partial charge in [0.2, 0.25) is 16.2 Å². The lowest BCUT2D eigenvalue weighted by Crippen LogP contribution is -2.37. The summed E-state index contributed by atoms with van der Waals surface area (Å²) < 4.78 is 0. The summed E-state index contributed by atoms with van der Waals surface area (Å²) in [4.78, 5) is 14.5. The highest BCUT2D eigenvalue weighted by Crippen LogP contribution is 2.45. The first-order valence-electron chi connectivity index (χ1n) is 6.44. The van der Waals surface area contributed by atoms with E-state index < -0.39 is 5.41 Å². The zero-order valence-electron chi connectivity index (χ0n) is 10.7. The first-order chi connectivity index (χ1) is 9.69. The van der Waals surface area contributed by atoms with Crippen LogP contribution >= 0.6 is 11.3 Å². The van der Waals surface area contributed by atoms with E-state index in [0.717, 1.165) is 29.3 Å². The van der Waals surface area contributed by atoms with Gasteiger partial charge in [0.1, 0.15) is 0 Å². The molecule has 1 amide bonds. The molecule has 0 radical (unpaired) electrons. The summed E-state index contributed by atoms with van der Waals surface area (Å²) in [5.74, 6) is 0.0821. The van der Waals surface area contributed by atoms with Crippen LogP contribution in [0.2, 0.25) is 0 Å². The van der Waals surface area contributed by atoms with E-state index in [0.29, 0.717) is 11.7 Å². The molecule has 3 N–H and O–H groups in total. The van der Waals surface area contributed by atoms with Gasteiger partial charge in [0.05, 0.1) is 5.41 Å². The monoisotopic (exact) mass is 287 g/mol. The number of amides is 1. The van der Waals surface area contributed by atoms with Crippen molar-refractivity contribution in [3.05, 3.63) is 29.8 Å². The molecule has 1 unspecified atom stereocenters. The van der Waals surface area contributed by atoms with Crippen LogP contribution in [-0.2, 0) is 10.2 Å². The molecule has 102 valence electrons. The third kappa shape index (κ3) is 1.46. The number of nitrogens with zero attached hydrogens (tertiary/aromatic N) is 3. The summed E-state index contributed by atoms with van der Waals surface area (Å²) in [5.41, 5.74) is 7.19. The minimum Gasteiger partial charge on any atom is -0.374 e. The standard InChI is InChI=1S/C13H13N5OS/c14-11-16-17-12(20-11)18-6-5-13(7-18)8-3-1-2-4-9(8)15-10(13)19/h1-4H,5-7H2,(H2,14,16)(H,15,19). The van der Waals surface area contributed by atoms with Crippen molar-refractivity contribution >= 4 is 33.2 Å². The molecule has 2 aliphatic rings. The van der Waals surface area contributed by atoms with Crippen LogP contribution < -0.4 is 16.0 Å². The van der Waals surface area contributed by atoms with Gasteiger partial charge in [0, 0.05) is 18.8 Å². The van der Waals surface area contributed by atoms with Crippen LogP contribution in [0.5, 0.6) is 0 Å². The second kappa shape index (κ2) is 3.92. The summed E-state index contributed by atoms with van der Waals surface area (Å²) in [7, 11) is 0. The van der Waals surface area contributed by atoms with Crippen LogP contribution in [0.1, 0.15) is 12.0 Å². The number of carbonyl (C=O) groups is 1. The Balaban J connectivity index is 1.72. The summed E-state index contributed by atoms with van der Waals surface area (Å²) in [6, 6.07) is 7.90. The van der Waals surface area contributed by atoms with Crippen LogP contribution in [0.4, 0.5) is 16.0 Å². The van der Waals surface area contributed by atoms with Crippen LogP contribution in [0, 0.1) is 0 Å². The molecule has 0 aliphatic carbocycles. The average Bonchev–Trinajstić information content (AvgIpc) is 3.12. The van der Waals surface area contributed by atoms with E-state index >= 15 is 0 Å².